The van der Waals surface area contributed by atoms with Crippen molar-refractivity contribution in [2.24, 2.45) is 22.3 Å². The van der Waals surface area contributed by atoms with Crippen LogP contribution in [0.5, 0.6) is 0 Å². The van der Waals surface area contributed by atoms with Crippen molar-refractivity contribution in [1.82, 2.24) is 9.80 Å². The van der Waals surface area contributed by atoms with E-state index in [0.717, 1.165) is 12.8 Å². The van der Waals surface area contributed by atoms with E-state index in [1.807, 2.05) is 9.80 Å². The number of ether oxygens (including phenoxy) is 2. The van der Waals surface area contributed by atoms with Crippen LogP contribution < -0.4 is 11.5 Å². The van der Waals surface area contributed by atoms with Gasteiger partial charge in [-0.15, -0.1) is 0 Å². The third kappa shape index (κ3) is 13.4. The lowest BCUT2D eigenvalue weighted by molar-refractivity contribution is -0.142. The predicted octanol–water partition coefficient (Wildman–Crippen LogP) is 2.77. The molecule has 4 N–H and O–H groups in total. The molecule has 0 saturated carbocycles. The average Bonchev–Trinajstić information content (AvgIpc) is 2.69. The highest BCUT2D eigenvalue weighted by Crippen LogP contribution is 2.28. The Morgan fingerprint density at radius 2 is 1.06 bits per heavy atom. The van der Waals surface area contributed by atoms with E-state index >= 15 is 0 Å². The van der Waals surface area contributed by atoms with Crippen LogP contribution in [0.25, 0.3) is 0 Å². The Morgan fingerprint density at radius 1 is 0.742 bits per heavy atom. The molecule has 0 aliphatic carbocycles. The van der Waals surface area contributed by atoms with E-state index in [1.54, 1.807) is 0 Å². The molecule has 180 valence electrons. The zero-order valence-corrected chi connectivity index (χ0v) is 21.5. The SMILES string of the molecule is COC(=O)CCC(C)(C)CCN(CN(CCC(C)(C)CCC(=O)OC)C(N)=S)C(N)=S. The molecule has 0 bridgehead atoms. The number of nitrogens with two attached hydrogens (primary N) is 2. The van der Waals surface area contributed by atoms with Crippen molar-refractivity contribution in [2.45, 2.75) is 66.2 Å². The fraction of sp³-hybridized carbons (Fsp3) is 0.810. The maximum absolute atomic E-state index is 11.4. The van der Waals surface area contributed by atoms with Crippen LogP contribution >= 0.6 is 24.4 Å². The van der Waals surface area contributed by atoms with Crippen LogP contribution in [0.3, 0.4) is 0 Å². The summed E-state index contributed by atoms with van der Waals surface area (Å²) in [5.74, 6) is -0.428. The fourth-order valence-corrected chi connectivity index (χ4v) is 3.22. The van der Waals surface area contributed by atoms with E-state index in [-0.39, 0.29) is 33.0 Å². The summed E-state index contributed by atoms with van der Waals surface area (Å²) >= 11 is 10.5. The number of rotatable bonds is 14. The van der Waals surface area contributed by atoms with Gasteiger partial charge >= 0.3 is 11.9 Å². The standard InChI is InChI=1S/C21H40N4O4S2/c1-20(2,9-7-16(26)28-5)11-13-24(18(22)30)15-25(19(23)31)14-12-21(3,4)10-8-17(27)29-6/h7-15H2,1-6H3,(H2,22,30)(H2,23,31). The largest absolute Gasteiger partial charge is 0.469 e. The number of thiocarbonyl (C=S) groups is 2. The van der Waals surface area contributed by atoms with Crippen molar-refractivity contribution in [3.05, 3.63) is 0 Å². The summed E-state index contributed by atoms with van der Waals surface area (Å²) in [6, 6.07) is 0. The van der Waals surface area contributed by atoms with Crippen molar-refractivity contribution < 1.29 is 19.1 Å². The molecule has 0 aromatic heterocycles. The molecule has 31 heavy (non-hydrogen) atoms. The molecule has 0 unspecified atom stereocenters. The molecule has 8 nitrogen and oxygen atoms in total. The van der Waals surface area contributed by atoms with Crippen molar-refractivity contribution in [1.29, 1.82) is 0 Å². The molecule has 0 aliphatic rings. The van der Waals surface area contributed by atoms with Gasteiger partial charge in [0.2, 0.25) is 0 Å². The smallest absolute Gasteiger partial charge is 0.305 e. The molecular weight excluding hydrogens is 436 g/mol. The normalized spacial score (nSPS) is 11.5. The topological polar surface area (TPSA) is 111 Å². The lowest BCUT2D eigenvalue weighted by atomic mass is 9.84. The van der Waals surface area contributed by atoms with Gasteiger partial charge in [-0.25, -0.2) is 0 Å². The minimum absolute atomic E-state index is 0.0822. The molecule has 0 fully saturated rings. The minimum Gasteiger partial charge on any atom is -0.469 e. The van der Waals surface area contributed by atoms with Gasteiger partial charge in [-0.2, -0.15) is 0 Å². The Hall–Kier alpha value is -1.68. The Balaban J connectivity index is 4.89. The number of hydrogen-bond donors (Lipinski definition) is 2. The first kappa shape index (κ1) is 29.3. The van der Waals surface area contributed by atoms with E-state index in [2.05, 4.69) is 27.7 Å². The highest BCUT2D eigenvalue weighted by molar-refractivity contribution is 7.80. The molecule has 10 heteroatoms. The highest BCUT2D eigenvalue weighted by atomic mass is 32.1. The van der Waals surface area contributed by atoms with E-state index in [4.69, 9.17) is 45.4 Å². The third-order valence-corrected chi connectivity index (χ3v) is 6.07. The number of methoxy groups -OCH3 is 2. The first-order valence-electron chi connectivity index (χ1n) is 10.5. The number of carbonyl (C=O) groups excluding carboxylic acids is 2. The number of carbonyl (C=O) groups is 2. The molecule has 0 aromatic rings. The zero-order chi connectivity index (χ0) is 24.2. The van der Waals surface area contributed by atoms with E-state index < -0.39 is 0 Å². The second kappa shape index (κ2) is 13.7. The van der Waals surface area contributed by atoms with Gasteiger partial charge in [-0.1, -0.05) is 27.7 Å². The average molecular weight is 477 g/mol. The first-order valence-corrected chi connectivity index (χ1v) is 11.3. The van der Waals surface area contributed by atoms with Gasteiger partial charge in [0.25, 0.3) is 0 Å². The van der Waals surface area contributed by atoms with Crippen LogP contribution in [0.2, 0.25) is 0 Å². The number of hydrogen-bond acceptors (Lipinski definition) is 6. The number of esters is 2. The molecule has 0 amide bonds. The molecular formula is C21H40N4O4S2. The van der Waals surface area contributed by atoms with Gasteiger partial charge in [0.1, 0.15) is 0 Å². The van der Waals surface area contributed by atoms with Crippen molar-refractivity contribution in [3.8, 4) is 0 Å². The molecule has 0 aliphatic heterocycles. The summed E-state index contributed by atoms with van der Waals surface area (Å²) in [4.78, 5) is 26.6. The molecule has 0 heterocycles. The van der Waals surface area contributed by atoms with Crippen LogP contribution in [0.4, 0.5) is 0 Å². The van der Waals surface area contributed by atoms with Crippen molar-refractivity contribution in [3.63, 3.8) is 0 Å². The first-order chi connectivity index (χ1) is 14.2. The summed E-state index contributed by atoms with van der Waals surface area (Å²) in [6.07, 6.45) is 3.73. The van der Waals surface area contributed by atoms with Crippen LogP contribution in [0.15, 0.2) is 0 Å². The van der Waals surface area contributed by atoms with Crippen molar-refractivity contribution in [2.75, 3.05) is 34.0 Å². The second-order valence-electron chi connectivity index (χ2n) is 9.33. The molecule has 0 aromatic carbocycles. The lowest BCUT2D eigenvalue weighted by Crippen LogP contribution is -2.49. The molecule has 0 atom stereocenters. The van der Waals surface area contributed by atoms with Gasteiger partial charge in [0, 0.05) is 25.9 Å². The van der Waals surface area contributed by atoms with Crippen LogP contribution in [-0.4, -0.2) is 65.9 Å². The third-order valence-electron chi connectivity index (χ3n) is 5.55. The molecule has 0 saturated heterocycles. The minimum atomic E-state index is -0.214. The van der Waals surface area contributed by atoms with Crippen LogP contribution in [0.1, 0.15) is 66.2 Å². The summed E-state index contributed by atoms with van der Waals surface area (Å²) in [6.45, 7) is 10.0. The van der Waals surface area contributed by atoms with Crippen molar-refractivity contribution >= 4 is 46.6 Å². The van der Waals surface area contributed by atoms with E-state index in [1.165, 1.54) is 14.2 Å². The number of nitrogens with zero attached hydrogens (tertiary/aromatic N) is 2. The van der Waals surface area contributed by atoms with Gasteiger partial charge < -0.3 is 30.7 Å². The Bertz CT molecular complexity index is 575. The maximum atomic E-state index is 11.4. The fourth-order valence-electron chi connectivity index (χ4n) is 2.92. The molecule has 0 radical (unpaired) electrons. The summed E-state index contributed by atoms with van der Waals surface area (Å²) in [7, 11) is 2.79. The summed E-state index contributed by atoms with van der Waals surface area (Å²) in [5, 5.41) is 0.546. The lowest BCUT2D eigenvalue weighted by Gasteiger charge is -2.35. The van der Waals surface area contributed by atoms with Gasteiger partial charge in [-0.05, 0) is 60.9 Å². The summed E-state index contributed by atoms with van der Waals surface area (Å²) in [5.41, 5.74) is 11.8. The van der Waals surface area contributed by atoms with Gasteiger partial charge in [0.05, 0.1) is 20.9 Å². The Labute approximate surface area is 198 Å². The second-order valence-corrected chi connectivity index (χ2v) is 10.2. The van der Waals surface area contributed by atoms with Gasteiger partial charge in [0.15, 0.2) is 10.2 Å². The monoisotopic (exact) mass is 476 g/mol. The van der Waals surface area contributed by atoms with Gasteiger partial charge in [-0.3, -0.25) is 9.59 Å². The van der Waals surface area contributed by atoms with E-state index in [0.29, 0.717) is 45.4 Å². The quantitative estimate of drug-likeness (QED) is 0.220. The Morgan fingerprint density at radius 3 is 1.32 bits per heavy atom. The Kier molecular flexibility index (Phi) is 12.9. The molecule has 0 spiro atoms. The zero-order valence-electron chi connectivity index (χ0n) is 19.9. The highest BCUT2D eigenvalue weighted by Gasteiger charge is 2.24. The maximum Gasteiger partial charge on any atom is 0.305 e. The predicted molar refractivity (Wildman–Crippen MR) is 131 cm³/mol. The van der Waals surface area contributed by atoms with Crippen LogP contribution in [0, 0.1) is 10.8 Å². The molecule has 0 rings (SSSR count). The van der Waals surface area contributed by atoms with Crippen LogP contribution in [-0.2, 0) is 19.1 Å². The summed E-state index contributed by atoms with van der Waals surface area (Å²) < 4.78 is 9.46. The van der Waals surface area contributed by atoms with E-state index in [9.17, 15) is 9.59 Å².